The molecule has 0 radical (unpaired) electrons. The van der Waals surface area contributed by atoms with Crippen LogP contribution in [0.3, 0.4) is 0 Å². The Kier molecular flexibility index (Phi) is 12.5. The smallest absolute Gasteiger partial charge is 0.270 e. The molecule has 56 heavy (non-hydrogen) atoms. The van der Waals surface area contributed by atoms with Gasteiger partial charge in [-0.1, -0.05) is 69.3 Å². The number of ether oxygens (including phenoxy) is 1. The van der Waals surface area contributed by atoms with Gasteiger partial charge in [-0.05, 0) is 80.6 Å². The van der Waals surface area contributed by atoms with Crippen LogP contribution in [0.1, 0.15) is 62.0 Å². The summed E-state index contributed by atoms with van der Waals surface area (Å²) in [7, 11) is 5.33. The highest BCUT2D eigenvalue weighted by Crippen LogP contribution is 2.61. The second-order valence-electron chi connectivity index (χ2n) is 16.9. The molecule has 4 N–H and O–H groups in total. The molecule has 1 heterocycles. The van der Waals surface area contributed by atoms with Gasteiger partial charge in [-0.3, -0.25) is 24.5 Å². The maximum absolute atomic E-state index is 14.2. The van der Waals surface area contributed by atoms with Crippen LogP contribution in [0.2, 0.25) is 0 Å². The van der Waals surface area contributed by atoms with Crippen LogP contribution < -0.4 is 15.4 Å². The number of carbonyl (C=O) groups excluding carboxylic acids is 2. The minimum atomic E-state index is -0.961. The molecule has 0 aromatic heterocycles. The zero-order valence-corrected chi connectivity index (χ0v) is 33.5. The van der Waals surface area contributed by atoms with E-state index in [-0.39, 0.29) is 47.1 Å². The van der Waals surface area contributed by atoms with Crippen molar-refractivity contribution in [2.24, 2.45) is 29.1 Å². The molecule has 1 aliphatic heterocycles. The molecule has 4 aliphatic rings. The Labute approximate surface area is 329 Å². The summed E-state index contributed by atoms with van der Waals surface area (Å²) < 4.78 is 5.95. The number of nitrogens with zero attached hydrogens (tertiary/aromatic N) is 3. The Bertz CT molecular complexity index is 1890. The van der Waals surface area contributed by atoms with Crippen molar-refractivity contribution in [3.63, 3.8) is 0 Å². The van der Waals surface area contributed by atoms with Crippen molar-refractivity contribution in [2.75, 3.05) is 34.4 Å². The fourth-order valence-corrected chi connectivity index (χ4v) is 9.60. The summed E-state index contributed by atoms with van der Waals surface area (Å²) in [5.74, 6) is 0.280. The predicted molar refractivity (Wildman–Crippen MR) is 213 cm³/mol. The summed E-state index contributed by atoms with van der Waals surface area (Å²) in [6, 6.07) is 18.3. The molecule has 3 aromatic carbocycles. The Morgan fingerprint density at radius 1 is 1.11 bits per heavy atom. The Hall–Kier alpha value is -4.40. The quantitative estimate of drug-likeness (QED) is 0.124. The van der Waals surface area contributed by atoms with E-state index in [1.165, 1.54) is 30.7 Å². The molecule has 0 unspecified atom stereocenters. The van der Waals surface area contributed by atoms with Crippen molar-refractivity contribution >= 4 is 17.5 Å². The minimum absolute atomic E-state index is 0.0152. The number of carbonyl (C=O) groups is 2. The normalized spacial score (nSPS) is 26.6. The van der Waals surface area contributed by atoms with E-state index in [0.29, 0.717) is 47.2 Å². The van der Waals surface area contributed by atoms with Gasteiger partial charge in [-0.2, -0.15) is 5.06 Å². The summed E-state index contributed by atoms with van der Waals surface area (Å²) in [4.78, 5) is 47.9. The van der Waals surface area contributed by atoms with Crippen LogP contribution in [0.15, 0.2) is 66.7 Å². The van der Waals surface area contributed by atoms with E-state index < -0.39 is 41.6 Å². The van der Waals surface area contributed by atoms with Crippen LogP contribution in [0.4, 0.5) is 5.69 Å². The molecular weight excluding hydrogens is 714 g/mol. The van der Waals surface area contributed by atoms with Crippen LogP contribution in [-0.4, -0.2) is 102 Å². The van der Waals surface area contributed by atoms with Crippen LogP contribution in [0.25, 0.3) is 11.1 Å². The SMILES string of the molecule is COc1c(CN2O[C@@H](CO)[C@H]([C@H](C)O)[C@H]2C(=O)N[C@H]2C[C@H]3C[C@H]([C@@H]2C)C3(C)C)cccc1-c1cc(C(=O)N[C@H](Cc2ccccc2)CN(C)C)cc([N+](=O)[O-])c1. The number of rotatable bonds is 15. The third kappa shape index (κ3) is 8.47. The van der Waals surface area contributed by atoms with Gasteiger partial charge in [0.2, 0.25) is 5.91 Å². The fourth-order valence-electron chi connectivity index (χ4n) is 9.60. The van der Waals surface area contributed by atoms with Gasteiger partial charge in [0.1, 0.15) is 17.9 Å². The topological polar surface area (TPSA) is 167 Å². The highest BCUT2D eigenvalue weighted by Gasteiger charge is 2.57. The zero-order chi connectivity index (χ0) is 40.5. The standard InChI is InChI=1S/C43H57N5O8/c1-25-35-20-31(43(35,3)4)21-36(25)45-42(52)39-38(26(2)50)37(24-49)56-47(39)22-28-14-11-15-34(40(28)55-7)29-17-30(19-33(18-29)48(53)54)41(51)44-32(23-46(5)6)16-27-12-9-8-10-13-27/h8-15,17-19,25-26,31-32,35-39,49-50H,16,20-24H2,1-7H3,(H,44,51)(H,45,52)/t25-,26-,31+,32+,35+,36-,37-,38-,39-/m0/s1. The Balaban J connectivity index is 1.28. The lowest BCUT2D eigenvalue weighted by Crippen LogP contribution is -2.62. The first-order valence-corrected chi connectivity index (χ1v) is 19.6. The average Bonchev–Trinajstić information content (AvgIpc) is 3.53. The minimum Gasteiger partial charge on any atom is -0.496 e. The number of hydroxylamine groups is 2. The number of benzene rings is 3. The number of para-hydroxylation sites is 1. The lowest BCUT2D eigenvalue weighted by atomic mass is 9.45. The van der Waals surface area contributed by atoms with E-state index >= 15 is 0 Å². The van der Waals surface area contributed by atoms with E-state index in [9.17, 15) is 29.9 Å². The van der Waals surface area contributed by atoms with Gasteiger partial charge >= 0.3 is 0 Å². The maximum Gasteiger partial charge on any atom is 0.270 e. The highest BCUT2D eigenvalue weighted by atomic mass is 16.7. The average molecular weight is 772 g/mol. The third-order valence-electron chi connectivity index (χ3n) is 12.6. The van der Waals surface area contributed by atoms with Gasteiger partial charge in [0.25, 0.3) is 11.6 Å². The van der Waals surface area contributed by atoms with Crippen LogP contribution >= 0.6 is 0 Å². The van der Waals surface area contributed by atoms with Crippen molar-refractivity contribution in [3.8, 4) is 16.9 Å². The van der Waals surface area contributed by atoms with Crippen molar-refractivity contribution < 1.29 is 34.3 Å². The number of non-ortho nitro benzene ring substituents is 1. The first kappa shape index (κ1) is 41.2. The lowest BCUT2D eigenvalue weighted by molar-refractivity contribution is -0.384. The number of hydrogen-bond acceptors (Lipinski definition) is 10. The predicted octanol–water partition coefficient (Wildman–Crippen LogP) is 4.83. The van der Waals surface area contributed by atoms with Gasteiger partial charge in [0, 0.05) is 53.4 Å². The second kappa shape index (κ2) is 17.0. The number of nitro groups is 1. The van der Waals surface area contributed by atoms with Crippen molar-refractivity contribution in [1.29, 1.82) is 0 Å². The van der Waals surface area contributed by atoms with Crippen LogP contribution in [0, 0.1) is 39.2 Å². The Morgan fingerprint density at radius 3 is 2.45 bits per heavy atom. The van der Waals surface area contributed by atoms with Gasteiger partial charge in [0.15, 0.2) is 0 Å². The van der Waals surface area contributed by atoms with Gasteiger partial charge < -0.3 is 30.5 Å². The fraction of sp³-hybridized carbons (Fsp3) is 0.535. The molecular formula is C43H57N5O8. The molecule has 4 fully saturated rings. The highest BCUT2D eigenvalue weighted by molar-refractivity contribution is 5.97. The van der Waals surface area contributed by atoms with Gasteiger partial charge in [-0.25, -0.2) is 0 Å². The molecule has 13 heteroatoms. The number of nitro benzene ring substituents is 1. The van der Waals surface area contributed by atoms with E-state index in [4.69, 9.17) is 9.57 Å². The number of amides is 2. The van der Waals surface area contributed by atoms with Crippen molar-refractivity contribution in [2.45, 2.75) is 83.8 Å². The molecule has 0 spiro atoms. The number of aliphatic hydroxyl groups is 2. The van der Waals surface area contributed by atoms with Crippen molar-refractivity contribution in [1.82, 2.24) is 20.6 Å². The number of likely N-dealkylation sites (N-methyl/N-ethyl adjacent to an activating group) is 1. The van der Waals surface area contributed by atoms with E-state index in [0.717, 1.165) is 12.0 Å². The number of fused-ring (bicyclic) bond motifs is 2. The molecule has 3 aromatic rings. The lowest BCUT2D eigenvalue weighted by Gasteiger charge is -2.62. The largest absolute Gasteiger partial charge is 0.496 e. The molecule has 3 aliphatic carbocycles. The first-order valence-electron chi connectivity index (χ1n) is 19.6. The summed E-state index contributed by atoms with van der Waals surface area (Å²) >= 11 is 0. The van der Waals surface area contributed by atoms with Crippen LogP contribution in [0.5, 0.6) is 5.75 Å². The number of aliphatic hydroxyl groups excluding tert-OH is 2. The third-order valence-corrected chi connectivity index (χ3v) is 12.6. The molecule has 1 saturated heterocycles. The summed E-state index contributed by atoms with van der Waals surface area (Å²) in [6.07, 6.45) is 0.838. The first-order chi connectivity index (χ1) is 26.6. The van der Waals surface area contributed by atoms with E-state index in [1.54, 1.807) is 25.1 Å². The molecule has 302 valence electrons. The van der Waals surface area contributed by atoms with E-state index in [2.05, 4.69) is 31.4 Å². The molecule has 13 nitrogen and oxygen atoms in total. The second-order valence-corrected chi connectivity index (χ2v) is 16.9. The molecule has 2 bridgehead atoms. The van der Waals surface area contributed by atoms with Gasteiger partial charge in [-0.15, -0.1) is 0 Å². The summed E-state index contributed by atoms with van der Waals surface area (Å²) in [5, 5.41) is 41.4. The monoisotopic (exact) mass is 771 g/mol. The van der Waals surface area contributed by atoms with Gasteiger partial charge in [0.05, 0.1) is 31.3 Å². The number of hydrogen-bond donors (Lipinski definition) is 4. The molecule has 3 saturated carbocycles. The van der Waals surface area contributed by atoms with Crippen molar-refractivity contribution in [3.05, 3.63) is 93.5 Å². The van der Waals surface area contributed by atoms with Crippen LogP contribution in [-0.2, 0) is 22.6 Å². The molecule has 7 rings (SSSR count). The summed E-state index contributed by atoms with van der Waals surface area (Å²) in [6.45, 7) is 8.62. The number of methoxy groups -OCH3 is 1. The molecule has 2 amide bonds. The molecule has 9 atom stereocenters. The zero-order valence-electron chi connectivity index (χ0n) is 33.5. The maximum atomic E-state index is 14.2. The Morgan fingerprint density at radius 2 is 1.84 bits per heavy atom. The summed E-state index contributed by atoms with van der Waals surface area (Å²) in [5.41, 5.74) is 2.67. The van der Waals surface area contributed by atoms with E-state index in [1.807, 2.05) is 55.4 Å². The number of nitrogens with one attached hydrogen (secondary N) is 2.